The van der Waals surface area contributed by atoms with E-state index >= 15 is 0 Å². The van der Waals surface area contributed by atoms with Gasteiger partial charge in [-0.2, -0.15) is 5.10 Å². The molecule has 0 saturated heterocycles. The lowest BCUT2D eigenvalue weighted by Gasteiger charge is -2.10. The summed E-state index contributed by atoms with van der Waals surface area (Å²) in [6.45, 7) is 4.63. The smallest absolute Gasteiger partial charge is 0.319 e. The van der Waals surface area contributed by atoms with Gasteiger partial charge in [-0.25, -0.2) is 9.48 Å². The molecule has 0 bridgehead atoms. The number of aromatic nitrogens is 2. The zero-order chi connectivity index (χ0) is 20.1. The van der Waals surface area contributed by atoms with Gasteiger partial charge in [0.2, 0.25) is 0 Å². The first kappa shape index (κ1) is 19.3. The summed E-state index contributed by atoms with van der Waals surface area (Å²) >= 11 is 0. The largest absolute Gasteiger partial charge is 0.497 e. The zero-order valence-corrected chi connectivity index (χ0v) is 16.3. The highest BCUT2D eigenvalue weighted by Crippen LogP contribution is 2.34. The van der Waals surface area contributed by atoms with E-state index in [4.69, 9.17) is 10.5 Å². The molecule has 0 aliphatic rings. The first-order chi connectivity index (χ1) is 13.5. The van der Waals surface area contributed by atoms with Crippen LogP contribution >= 0.6 is 0 Å². The lowest BCUT2D eigenvalue weighted by Crippen LogP contribution is -2.32. The predicted octanol–water partition coefficient (Wildman–Crippen LogP) is 3.91. The molecule has 2 aromatic carbocycles. The summed E-state index contributed by atoms with van der Waals surface area (Å²) in [5.41, 5.74) is 9.05. The molecule has 7 heteroatoms. The number of para-hydroxylation sites is 1. The van der Waals surface area contributed by atoms with Crippen LogP contribution in [0.15, 0.2) is 54.6 Å². The van der Waals surface area contributed by atoms with E-state index < -0.39 is 0 Å². The Morgan fingerprint density at radius 2 is 1.82 bits per heavy atom. The molecule has 0 unspecified atom stereocenters. The number of rotatable bonds is 6. The molecule has 4 N–H and O–H groups in total. The number of urea groups is 1. The Bertz CT molecular complexity index is 933. The van der Waals surface area contributed by atoms with Crippen LogP contribution in [-0.4, -0.2) is 29.5 Å². The van der Waals surface area contributed by atoms with E-state index in [-0.39, 0.29) is 6.03 Å². The molecule has 0 atom stereocenters. The maximum absolute atomic E-state index is 12.4. The number of benzene rings is 2. The Morgan fingerprint density at radius 3 is 2.43 bits per heavy atom. The van der Waals surface area contributed by atoms with Crippen molar-refractivity contribution >= 4 is 17.5 Å². The number of carbonyl (C=O) groups excluding carboxylic acids is 1. The number of nitrogen functional groups attached to an aromatic ring is 1. The molecule has 1 aromatic heterocycles. The average Bonchev–Trinajstić information content (AvgIpc) is 3.03. The van der Waals surface area contributed by atoms with Gasteiger partial charge in [0, 0.05) is 12.1 Å². The number of nitrogens with one attached hydrogen (secondary N) is 2. The standard InChI is InChI=1S/C21H25N5O2/c1-14(2)13-23-21(27)24-19-18(15-9-11-17(28-3)12-10-15)25-26(20(19)22)16-7-5-4-6-8-16/h4-12,14H,13,22H2,1-3H3,(H2,23,24,27). The second kappa shape index (κ2) is 8.47. The lowest BCUT2D eigenvalue weighted by molar-refractivity contribution is 0.251. The van der Waals surface area contributed by atoms with Gasteiger partial charge in [-0.15, -0.1) is 0 Å². The molecule has 2 amide bonds. The minimum atomic E-state index is -0.317. The summed E-state index contributed by atoms with van der Waals surface area (Å²) in [4.78, 5) is 12.4. The van der Waals surface area contributed by atoms with Gasteiger partial charge in [0.05, 0.1) is 12.8 Å². The fourth-order valence-electron chi connectivity index (χ4n) is 2.73. The van der Waals surface area contributed by atoms with Gasteiger partial charge in [0.15, 0.2) is 5.82 Å². The Labute approximate surface area is 164 Å². The monoisotopic (exact) mass is 379 g/mol. The number of ether oxygens (including phenoxy) is 1. The van der Waals surface area contributed by atoms with Crippen LogP contribution in [0.5, 0.6) is 5.75 Å². The first-order valence-corrected chi connectivity index (χ1v) is 9.12. The first-order valence-electron chi connectivity index (χ1n) is 9.12. The topological polar surface area (TPSA) is 94.2 Å². The molecule has 0 aliphatic heterocycles. The number of amides is 2. The minimum absolute atomic E-state index is 0.317. The summed E-state index contributed by atoms with van der Waals surface area (Å²) in [5.74, 6) is 1.44. The van der Waals surface area contributed by atoms with E-state index in [0.717, 1.165) is 17.0 Å². The van der Waals surface area contributed by atoms with Crippen molar-refractivity contribution in [2.24, 2.45) is 5.92 Å². The number of hydrogen-bond donors (Lipinski definition) is 3. The van der Waals surface area contributed by atoms with E-state index in [2.05, 4.69) is 15.7 Å². The number of nitrogens with two attached hydrogens (primary N) is 1. The Morgan fingerprint density at radius 1 is 1.14 bits per heavy atom. The van der Waals surface area contributed by atoms with E-state index in [0.29, 0.717) is 29.7 Å². The fraction of sp³-hybridized carbons (Fsp3) is 0.238. The van der Waals surface area contributed by atoms with E-state index in [1.807, 2.05) is 68.4 Å². The third-order valence-electron chi connectivity index (χ3n) is 4.19. The zero-order valence-electron chi connectivity index (χ0n) is 16.3. The van der Waals surface area contributed by atoms with Crippen LogP contribution in [-0.2, 0) is 0 Å². The van der Waals surface area contributed by atoms with Gasteiger partial charge in [-0.3, -0.25) is 0 Å². The van der Waals surface area contributed by atoms with Crippen molar-refractivity contribution in [1.82, 2.24) is 15.1 Å². The highest BCUT2D eigenvalue weighted by Gasteiger charge is 2.20. The number of methoxy groups -OCH3 is 1. The van der Waals surface area contributed by atoms with Crippen molar-refractivity contribution in [2.75, 3.05) is 24.7 Å². The SMILES string of the molecule is COc1ccc(-c2nn(-c3ccccc3)c(N)c2NC(=O)NCC(C)C)cc1. The summed E-state index contributed by atoms with van der Waals surface area (Å²) < 4.78 is 6.85. The normalized spacial score (nSPS) is 10.7. The molecule has 3 rings (SSSR count). The highest BCUT2D eigenvalue weighted by atomic mass is 16.5. The van der Waals surface area contributed by atoms with Crippen LogP contribution in [0.3, 0.4) is 0 Å². The quantitative estimate of drug-likeness (QED) is 0.605. The maximum Gasteiger partial charge on any atom is 0.319 e. The van der Waals surface area contributed by atoms with Crippen molar-refractivity contribution in [3.63, 3.8) is 0 Å². The lowest BCUT2D eigenvalue weighted by atomic mass is 10.1. The maximum atomic E-state index is 12.4. The third-order valence-corrected chi connectivity index (χ3v) is 4.19. The Hall–Kier alpha value is -3.48. The van der Waals surface area contributed by atoms with Crippen LogP contribution in [0.2, 0.25) is 0 Å². The molecular weight excluding hydrogens is 354 g/mol. The van der Waals surface area contributed by atoms with Crippen molar-refractivity contribution in [2.45, 2.75) is 13.8 Å². The molecule has 0 spiro atoms. The number of nitrogens with zero attached hydrogens (tertiary/aromatic N) is 2. The van der Waals surface area contributed by atoms with E-state index in [1.54, 1.807) is 11.8 Å². The van der Waals surface area contributed by atoms with Crippen LogP contribution < -0.4 is 21.1 Å². The third kappa shape index (κ3) is 4.25. The fourth-order valence-corrected chi connectivity index (χ4v) is 2.73. The predicted molar refractivity (Wildman–Crippen MR) is 112 cm³/mol. The number of carbonyl (C=O) groups is 1. The van der Waals surface area contributed by atoms with Gasteiger partial charge in [0.25, 0.3) is 0 Å². The van der Waals surface area contributed by atoms with E-state index in [9.17, 15) is 4.79 Å². The van der Waals surface area contributed by atoms with Crippen LogP contribution in [0.1, 0.15) is 13.8 Å². The van der Waals surface area contributed by atoms with Crippen molar-refractivity contribution in [3.05, 3.63) is 54.6 Å². The molecule has 3 aromatic rings. The van der Waals surface area contributed by atoms with E-state index in [1.165, 1.54) is 0 Å². The van der Waals surface area contributed by atoms with Gasteiger partial charge in [0.1, 0.15) is 17.1 Å². The molecule has 0 aliphatic carbocycles. The van der Waals surface area contributed by atoms with Crippen molar-refractivity contribution < 1.29 is 9.53 Å². The molecule has 146 valence electrons. The average molecular weight is 379 g/mol. The van der Waals surface area contributed by atoms with Crippen molar-refractivity contribution in [3.8, 4) is 22.7 Å². The highest BCUT2D eigenvalue weighted by molar-refractivity contribution is 5.97. The molecule has 7 nitrogen and oxygen atoms in total. The second-order valence-corrected chi connectivity index (χ2v) is 6.81. The Balaban J connectivity index is 2.01. The number of anilines is 2. The van der Waals surface area contributed by atoms with Crippen LogP contribution in [0.4, 0.5) is 16.3 Å². The summed E-state index contributed by atoms with van der Waals surface area (Å²) in [7, 11) is 1.61. The molecule has 28 heavy (non-hydrogen) atoms. The van der Waals surface area contributed by atoms with Gasteiger partial charge in [-0.05, 0) is 42.3 Å². The molecule has 0 saturated carbocycles. The minimum Gasteiger partial charge on any atom is -0.497 e. The summed E-state index contributed by atoms with van der Waals surface area (Å²) in [6.07, 6.45) is 0. The van der Waals surface area contributed by atoms with Crippen LogP contribution in [0, 0.1) is 5.92 Å². The second-order valence-electron chi connectivity index (χ2n) is 6.81. The summed E-state index contributed by atoms with van der Waals surface area (Å²) in [6, 6.07) is 16.7. The molecule has 0 radical (unpaired) electrons. The van der Waals surface area contributed by atoms with Crippen LogP contribution in [0.25, 0.3) is 16.9 Å². The molecule has 0 fully saturated rings. The Kier molecular flexibility index (Phi) is 5.84. The van der Waals surface area contributed by atoms with Gasteiger partial charge >= 0.3 is 6.03 Å². The van der Waals surface area contributed by atoms with Gasteiger partial charge in [-0.1, -0.05) is 32.0 Å². The molecular formula is C21H25N5O2. The van der Waals surface area contributed by atoms with Gasteiger partial charge < -0.3 is 21.1 Å². The molecule has 1 heterocycles. The van der Waals surface area contributed by atoms with Crippen molar-refractivity contribution in [1.29, 1.82) is 0 Å². The summed E-state index contributed by atoms with van der Waals surface area (Å²) in [5, 5.41) is 10.4. The number of hydrogen-bond acceptors (Lipinski definition) is 4.